The molecule has 3 heterocycles. The molecule has 0 saturated carbocycles. The van der Waals surface area contributed by atoms with Crippen LogP contribution in [0.1, 0.15) is 16.9 Å². The van der Waals surface area contributed by atoms with E-state index in [0.29, 0.717) is 18.7 Å². The number of rotatable bonds is 6. The first kappa shape index (κ1) is 17.5. The van der Waals surface area contributed by atoms with Gasteiger partial charge >= 0.3 is 0 Å². The fourth-order valence-electron chi connectivity index (χ4n) is 3.38. The zero-order valence-electron chi connectivity index (χ0n) is 14.4. The zero-order chi connectivity index (χ0) is 18.0. The van der Waals surface area contributed by atoms with Gasteiger partial charge in [0.05, 0.1) is 23.4 Å². The lowest BCUT2D eigenvalue weighted by atomic mass is 10.2. The third kappa shape index (κ3) is 4.06. The van der Waals surface area contributed by atoms with Gasteiger partial charge in [0.15, 0.2) is 9.84 Å². The van der Waals surface area contributed by atoms with Crippen LogP contribution in [0.5, 0.6) is 0 Å². The fourth-order valence-corrected chi connectivity index (χ4v) is 5.87. The van der Waals surface area contributed by atoms with Crippen LogP contribution in [0, 0.1) is 0 Å². The molecule has 0 unspecified atom stereocenters. The third-order valence-electron chi connectivity index (χ3n) is 4.71. The van der Waals surface area contributed by atoms with E-state index in [0.717, 1.165) is 17.8 Å². The van der Waals surface area contributed by atoms with E-state index in [1.165, 1.54) is 4.88 Å². The van der Waals surface area contributed by atoms with Crippen molar-refractivity contribution in [1.29, 1.82) is 0 Å². The molecular weight excluding hydrogens is 366 g/mol. The lowest BCUT2D eigenvalue weighted by Gasteiger charge is -2.27. The van der Waals surface area contributed by atoms with Crippen LogP contribution in [0.15, 0.2) is 60.2 Å². The van der Waals surface area contributed by atoms with Gasteiger partial charge in [-0.05, 0) is 30.0 Å². The van der Waals surface area contributed by atoms with Gasteiger partial charge in [0, 0.05) is 35.8 Å². The second kappa shape index (κ2) is 7.34. The summed E-state index contributed by atoms with van der Waals surface area (Å²) in [6.07, 6.45) is 4.61. The van der Waals surface area contributed by atoms with E-state index in [4.69, 9.17) is 0 Å². The predicted molar refractivity (Wildman–Crippen MR) is 104 cm³/mol. The standard InChI is InChI=1S/C19H21N3O2S2/c23-26(24)10-8-18(15-26)21(14-19-7-4-9-25-19)12-16-11-20-22(13-16)17-5-2-1-3-6-17/h1-7,9,11,13,18H,8,10,12,14-15H2/t18-/m0/s1. The molecule has 2 aromatic heterocycles. The van der Waals surface area contributed by atoms with E-state index in [-0.39, 0.29) is 11.8 Å². The average Bonchev–Trinajstić information content (AvgIpc) is 3.36. The van der Waals surface area contributed by atoms with E-state index in [1.807, 2.05) is 53.5 Å². The SMILES string of the molecule is O=S1(=O)CC[C@H](N(Cc2cnn(-c3ccccc3)c2)Cc2cccs2)C1. The van der Waals surface area contributed by atoms with Crippen molar-refractivity contribution in [3.8, 4) is 5.69 Å². The Balaban J connectivity index is 1.54. The number of para-hydroxylation sites is 1. The van der Waals surface area contributed by atoms with Gasteiger partial charge in [0.25, 0.3) is 0 Å². The number of hydrogen-bond acceptors (Lipinski definition) is 5. The summed E-state index contributed by atoms with van der Waals surface area (Å²) in [5.41, 5.74) is 2.11. The zero-order valence-corrected chi connectivity index (χ0v) is 16.0. The molecule has 1 fully saturated rings. The van der Waals surface area contributed by atoms with E-state index < -0.39 is 9.84 Å². The van der Waals surface area contributed by atoms with Gasteiger partial charge in [-0.25, -0.2) is 13.1 Å². The molecule has 1 aliphatic heterocycles. The Kier molecular flexibility index (Phi) is 4.93. The number of nitrogens with zero attached hydrogens (tertiary/aromatic N) is 3. The molecule has 1 aliphatic rings. The Morgan fingerprint density at radius 2 is 2.00 bits per heavy atom. The summed E-state index contributed by atoms with van der Waals surface area (Å²) in [5.74, 6) is 0.549. The minimum atomic E-state index is -2.91. The molecule has 0 N–H and O–H groups in total. The van der Waals surface area contributed by atoms with Crippen LogP contribution in [-0.4, -0.2) is 40.6 Å². The van der Waals surface area contributed by atoms with Crippen LogP contribution < -0.4 is 0 Å². The summed E-state index contributed by atoms with van der Waals surface area (Å²) in [7, 11) is -2.91. The Labute approximate surface area is 157 Å². The van der Waals surface area contributed by atoms with Crippen LogP contribution in [0.4, 0.5) is 0 Å². The van der Waals surface area contributed by atoms with Crippen LogP contribution in [0.3, 0.4) is 0 Å². The van der Waals surface area contributed by atoms with Crippen molar-refractivity contribution in [2.75, 3.05) is 11.5 Å². The number of sulfone groups is 1. The number of benzene rings is 1. The lowest BCUT2D eigenvalue weighted by molar-refractivity contribution is 0.196. The molecule has 0 radical (unpaired) electrons. The average molecular weight is 388 g/mol. The van der Waals surface area contributed by atoms with Crippen molar-refractivity contribution >= 4 is 21.2 Å². The fraction of sp³-hybridized carbons (Fsp3) is 0.316. The van der Waals surface area contributed by atoms with Gasteiger partial charge in [0.1, 0.15) is 0 Å². The van der Waals surface area contributed by atoms with Crippen LogP contribution in [0.2, 0.25) is 0 Å². The van der Waals surface area contributed by atoms with Gasteiger partial charge in [0.2, 0.25) is 0 Å². The highest BCUT2D eigenvalue weighted by atomic mass is 32.2. The molecule has 136 valence electrons. The molecule has 7 heteroatoms. The van der Waals surface area contributed by atoms with Gasteiger partial charge in [-0.2, -0.15) is 5.10 Å². The monoisotopic (exact) mass is 387 g/mol. The second-order valence-electron chi connectivity index (χ2n) is 6.67. The van der Waals surface area contributed by atoms with Gasteiger partial charge in [-0.15, -0.1) is 11.3 Å². The maximum atomic E-state index is 11.9. The quantitative estimate of drug-likeness (QED) is 0.652. The van der Waals surface area contributed by atoms with Crippen molar-refractivity contribution in [3.05, 3.63) is 70.7 Å². The van der Waals surface area contributed by atoms with Gasteiger partial charge < -0.3 is 0 Å². The summed E-state index contributed by atoms with van der Waals surface area (Å²) in [6, 6.07) is 14.2. The summed E-state index contributed by atoms with van der Waals surface area (Å²) in [6.45, 7) is 1.47. The van der Waals surface area contributed by atoms with E-state index in [2.05, 4.69) is 21.4 Å². The molecule has 0 amide bonds. The summed E-state index contributed by atoms with van der Waals surface area (Å²) in [5, 5.41) is 6.53. The normalized spacial score (nSPS) is 19.2. The van der Waals surface area contributed by atoms with Crippen LogP contribution >= 0.6 is 11.3 Å². The first-order valence-electron chi connectivity index (χ1n) is 8.65. The largest absolute Gasteiger partial charge is 0.290 e. The Bertz CT molecular complexity index is 950. The van der Waals surface area contributed by atoms with Crippen molar-refractivity contribution in [2.24, 2.45) is 0 Å². The number of thiophene rings is 1. The van der Waals surface area contributed by atoms with Crippen LogP contribution in [-0.2, 0) is 22.9 Å². The minimum absolute atomic E-state index is 0.0715. The van der Waals surface area contributed by atoms with Crippen molar-refractivity contribution in [2.45, 2.75) is 25.6 Å². The first-order chi connectivity index (χ1) is 12.6. The highest BCUT2D eigenvalue weighted by Crippen LogP contribution is 2.24. The molecule has 1 atom stereocenters. The maximum absolute atomic E-state index is 11.9. The molecule has 0 bridgehead atoms. The Morgan fingerprint density at radius 3 is 2.69 bits per heavy atom. The molecule has 3 aromatic rings. The van der Waals surface area contributed by atoms with Gasteiger partial charge in [-0.3, -0.25) is 4.90 Å². The molecule has 5 nitrogen and oxygen atoms in total. The van der Waals surface area contributed by atoms with Crippen molar-refractivity contribution in [1.82, 2.24) is 14.7 Å². The molecule has 26 heavy (non-hydrogen) atoms. The third-order valence-corrected chi connectivity index (χ3v) is 7.32. The van der Waals surface area contributed by atoms with Crippen molar-refractivity contribution < 1.29 is 8.42 Å². The smallest absolute Gasteiger partial charge is 0.151 e. The molecule has 4 rings (SSSR count). The van der Waals surface area contributed by atoms with Crippen LogP contribution in [0.25, 0.3) is 5.69 Å². The highest BCUT2D eigenvalue weighted by molar-refractivity contribution is 7.91. The maximum Gasteiger partial charge on any atom is 0.151 e. The number of aromatic nitrogens is 2. The molecule has 0 spiro atoms. The topological polar surface area (TPSA) is 55.2 Å². The minimum Gasteiger partial charge on any atom is -0.290 e. The van der Waals surface area contributed by atoms with Gasteiger partial charge in [-0.1, -0.05) is 24.3 Å². The summed E-state index contributed by atoms with van der Waals surface area (Å²) < 4.78 is 25.8. The van der Waals surface area contributed by atoms with E-state index in [1.54, 1.807) is 11.3 Å². The first-order valence-corrected chi connectivity index (χ1v) is 11.3. The van der Waals surface area contributed by atoms with E-state index >= 15 is 0 Å². The lowest BCUT2D eigenvalue weighted by Crippen LogP contribution is -2.35. The summed E-state index contributed by atoms with van der Waals surface area (Å²) >= 11 is 1.71. The summed E-state index contributed by atoms with van der Waals surface area (Å²) in [4.78, 5) is 3.53. The van der Waals surface area contributed by atoms with E-state index in [9.17, 15) is 8.42 Å². The molecule has 1 saturated heterocycles. The predicted octanol–water partition coefficient (Wildman–Crippen LogP) is 3.12. The highest BCUT2D eigenvalue weighted by Gasteiger charge is 2.32. The van der Waals surface area contributed by atoms with Crippen molar-refractivity contribution in [3.63, 3.8) is 0 Å². The second-order valence-corrected chi connectivity index (χ2v) is 9.93. The Morgan fingerprint density at radius 1 is 1.15 bits per heavy atom. The molecular formula is C19H21N3O2S2. The molecule has 1 aromatic carbocycles. The Hall–Kier alpha value is -1.96. The number of hydrogen-bond donors (Lipinski definition) is 0. The molecule has 0 aliphatic carbocycles.